The Balaban J connectivity index is 1.49. The maximum absolute atomic E-state index is 9.24. The van der Waals surface area contributed by atoms with E-state index in [0.29, 0.717) is 6.61 Å². The summed E-state index contributed by atoms with van der Waals surface area (Å²) in [6.45, 7) is 2.07. The summed E-state index contributed by atoms with van der Waals surface area (Å²) in [5.41, 5.74) is 1.45. The summed E-state index contributed by atoms with van der Waals surface area (Å²) in [5.74, 6) is 1.01. The Hall–Kier alpha value is -0.580. The molecule has 0 amide bonds. The largest absolute Gasteiger partial charge is 0.488 e. The van der Waals surface area contributed by atoms with Crippen molar-refractivity contribution in [1.82, 2.24) is 5.32 Å². The zero-order valence-electron chi connectivity index (χ0n) is 10.3. The van der Waals surface area contributed by atoms with Crippen molar-refractivity contribution in [3.8, 4) is 5.75 Å². The molecule has 1 aliphatic carbocycles. The van der Waals surface area contributed by atoms with E-state index in [0.717, 1.165) is 42.6 Å². The van der Waals surface area contributed by atoms with E-state index in [9.17, 15) is 5.11 Å². The number of nitrogens with one attached hydrogen (secondary N) is 1. The molecule has 3 rings (SSSR count). The number of rotatable bonds is 5. The van der Waals surface area contributed by atoms with E-state index in [1.54, 1.807) is 0 Å². The molecule has 0 bridgehead atoms. The SMILES string of the molecule is OCC1(CNCC2Cc3cc(Br)ccc3O2)CC1. The monoisotopic (exact) mass is 311 g/mol. The van der Waals surface area contributed by atoms with Crippen molar-refractivity contribution in [3.63, 3.8) is 0 Å². The summed E-state index contributed by atoms with van der Waals surface area (Å²) in [7, 11) is 0. The molecular formula is C14H18BrNO2. The first-order valence-electron chi connectivity index (χ1n) is 6.47. The molecular weight excluding hydrogens is 294 g/mol. The molecule has 2 aliphatic rings. The van der Waals surface area contributed by atoms with Crippen LogP contribution in [0.4, 0.5) is 0 Å². The highest BCUT2D eigenvalue weighted by molar-refractivity contribution is 9.10. The highest BCUT2D eigenvalue weighted by atomic mass is 79.9. The number of ether oxygens (including phenoxy) is 1. The third-order valence-electron chi connectivity index (χ3n) is 3.93. The summed E-state index contributed by atoms with van der Waals surface area (Å²) in [4.78, 5) is 0. The molecule has 0 aromatic heterocycles. The molecule has 1 aliphatic heterocycles. The molecule has 3 nitrogen and oxygen atoms in total. The van der Waals surface area contributed by atoms with Gasteiger partial charge in [-0.15, -0.1) is 0 Å². The Morgan fingerprint density at radius 1 is 1.44 bits per heavy atom. The lowest BCUT2D eigenvalue weighted by atomic mass is 10.1. The molecule has 1 aromatic carbocycles. The Morgan fingerprint density at radius 2 is 2.28 bits per heavy atom. The maximum Gasteiger partial charge on any atom is 0.123 e. The minimum absolute atomic E-state index is 0.175. The standard InChI is InChI=1S/C14H18BrNO2/c15-11-1-2-13-10(5-11)6-12(18-13)7-16-8-14(9-17)3-4-14/h1-2,5,12,16-17H,3-4,6-9H2. The molecule has 1 unspecified atom stereocenters. The van der Waals surface area contributed by atoms with E-state index in [2.05, 4.69) is 27.3 Å². The Morgan fingerprint density at radius 3 is 3.00 bits per heavy atom. The molecule has 1 fully saturated rings. The van der Waals surface area contributed by atoms with Gasteiger partial charge < -0.3 is 15.2 Å². The summed E-state index contributed by atoms with van der Waals surface area (Å²) in [6, 6.07) is 6.17. The number of hydrogen-bond acceptors (Lipinski definition) is 3. The van der Waals surface area contributed by atoms with E-state index >= 15 is 0 Å². The second-order valence-electron chi connectivity index (χ2n) is 5.49. The van der Waals surface area contributed by atoms with Crippen molar-refractivity contribution in [2.24, 2.45) is 5.41 Å². The van der Waals surface area contributed by atoms with Crippen LogP contribution in [0.2, 0.25) is 0 Å². The van der Waals surface area contributed by atoms with Crippen molar-refractivity contribution in [2.45, 2.75) is 25.4 Å². The molecule has 18 heavy (non-hydrogen) atoms. The lowest BCUT2D eigenvalue weighted by Crippen LogP contribution is -2.35. The van der Waals surface area contributed by atoms with Gasteiger partial charge in [-0.1, -0.05) is 15.9 Å². The molecule has 1 atom stereocenters. The van der Waals surface area contributed by atoms with Gasteiger partial charge in [-0.2, -0.15) is 0 Å². The van der Waals surface area contributed by atoms with Crippen LogP contribution in [0.1, 0.15) is 18.4 Å². The lowest BCUT2D eigenvalue weighted by Gasteiger charge is -2.16. The van der Waals surface area contributed by atoms with E-state index in [1.807, 2.05) is 12.1 Å². The number of benzene rings is 1. The fourth-order valence-electron chi connectivity index (χ4n) is 2.47. The van der Waals surface area contributed by atoms with Crippen LogP contribution in [-0.4, -0.2) is 30.9 Å². The lowest BCUT2D eigenvalue weighted by molar-refractivity contribution is 0.191. The summed E-state index contributed by atoms with van der Waals surface area (Å²) in [5, 5.41) is 12.7. The van der Waals surface area contributed by atoms with Crippen LogP contribution in [0, 0.1) is 5.41 Å². The molecule has 4 heteroatoms. The average Bonchev–Trinajstić information content (AvgIpc) is 3.02. The number of hydrogen-bond donors (Lipinski definition) is 2. The van der Waals surface area contributed by atoms with E-state index in [-0.39, 0.29) is 11.5 Å². The predicted octanol–water partition coefficient (Wildman–Crippen LogP) is 2.11. The minimum Gasteiger partial charge on any atom is -0.488 e. The quantitative estimate of drug-likeness (QED) is 0.875. The smallest absolute Gasteiger partial charge is 0.123 e. The topological polar surface area (TPSA) is 41.5 Å². The Labute approximate surface area is 116 Å². The number of halogens is 1. The van der Waals surface area contributed by atoms with Gasteiger partial charge in [0.15, 0.2) is 0 Å². The molecule has 98 valence electrons. The molecule has 0 radical (unpaired) electrons. The van der Waals surface area contributed by atoms with Crippen molar-refractivity contribution < 1.29 is 9.84 Å². The molecule has 2 N–H and O–H groups in total. The first-order chi connectivity index (χ1) is 8.71. The number of aliphatic hydroxyl groups excluding tert-OH is 1. The van der Waals surface area contributed by atoms with Gasteiger partial charge >= 0.3 is 0 Å². The van der Waals surface area contributed by atoms with E-state index in [1.165, 1.54) is 5.56 Å². The summed E-state index contributed by atoms with van der Waals surface area (Å²) in [6.07, 6.45) is 3.49. The van der Waals surface area contributed by atoms with Crippen LogP contribution >= 0.6 is 15.9 Å². The van der Waals surface area contributed by atoms with Gasteiger partial charge in [0.25, 0.3) is 0 Å². The molecule has 0 saturated heterocycles. The summed E-state index contributed by atoms with van der Waals surface area (Å²) < 4.78 is 6.99. The molecule has 1 heterocycles. The third-order valence-corrected chi connectivity index (χ3v) is 4.42. The van der Waals surface area contributed by atoms with Gasteiger partial charge in [-0.25, -0.2) is 0 Å². The second kappa shape index (κ2) is 4.83. The third kappa shape index (κ3) is 2.56. The molecule has 1 saturated carbocycles. The van der Waals surface area contributed by atoms with Crippen molar-refractivity contribution in [2.75, 3.05) is 19.7 Å². The van der Waals surface area contributed by atoms with Crippen LogP contribution < -0.4 is 10.1 Å². The van der Waals surface area contributed by atoms with Crippen LogP contribution in [0.15, 0.2) is 22.7 Å². The van der Waals surface area contributed by atoms with Gasteiger partial charge in [0.1, 0.15) is 11.9 Å². The highest BCUT2D eigenvalue weighted by Gasteiger charge is 2.41. The Bertz CT molecular complexity index is 445. The molecule has 0 spiro atoms. The van der Waals surface area contributed by atoms with E-state index < -0.39 is 0 Å². The van der Waals surface area contributed by atoms with Crippen molar-refractivity contribution in [3.05, 3.63) is 28.2 Å². The predicted molar refractivity (Wildman–Crippen MR) is 73.9 cm³/mol. The highest BCUT2D eigenvalue weighted by Crippen LogP contribution is 2.44. The fourth-order valence-corrected chi connectivity index (χ4v) is 2.88. The van der Waals surface area contributed by atoms with Gasteiger partial charge in [-0.3, -0.25) is 0 Å². The average molecular weight is 312 g/mol. The van der Waals surface area contributed by atoms with Gasteiger partial charge in [0.05, 0.1) is 0 Å². The van der Waals surface area contributed by atoms with Crippen LogP contribution in [-0.2, 0) is 6.42 Å². The fraction of sp³-hybridized carbons (Fsp3) is 0.571. The second-order valence-corrected chi connectivity index (χ2v) is 6.40. The van der Waals surface area contributed by atoms with Crippen molar-refractivity contribution >= 4 is 15.9 Å². The first-order valence-corrected chi connectivity index (χ1v) is 7.27. The number of fused-ring (bicyclic) bond motifs is 1. The van der Waals surface area contributed by atoms with Gasteiger partial charge in [-0.05, 0) is 36.6 Å². The van der Waals surface area contributed by atoms with Crippen molar-refractivity contribution in [1.29, 1.82) is 0 Å². The van der Waals surface area contributed by atoms with Gasteiger partial charge in [0, 0.05) is 36.0 Å². The molecule has 1 aromatic rings. The Kier molecular flexibility index (Phi) is 3.34. The number of aliphatic hydroxyl groups is 1. The summed E-state index contributed by atoms with van der Waals surface area (Å²) >= 11 is 3.48. The normalized spacial score (nSPS) is 23.6. The maximum atomic E-state index is 9.24. The van der Waals surface area contributed by atoms with Crippen LogP contribution in [0.3, 0.4) is 0 Å². The van der Waals surface area contributed by atoms with E-state index in [4.69, 9.17) is 4.74 Å². The minimum atomic E-state index is 0.175. The van der Waals surface area contributed by atoms with Crippen LogP contribution in [0.25, 0.3) is 0 Å². The van der Waals surface area contributed by atoms with Crippen LogP contribution in [0.5, 0.6) is 5.75 Å². The first kappa shape index (κ1) is 12.5. The zero-order valence-corrected chi connectivity index (χ0v) is 11.9. The van der Waals surface area contributed by atoms with Gasteiger partial charge in [0.2, 0.25) is 0 Å². The zero-order chi connectivity index (χ0) is 12.6.